The Morgan fingerprint density at radius 3 is 1.92 bits per heavy atom. The third kappa shape index (κ3) is 1.01. The van der Waals surface area contributed by atoms with Crippen molar-refractivity contribution in [1.82, 2.24) is 19.9 Å². The molecule has 2 heterocycles. The molecule has 0 bridgehead atoms. The van der Waals surface area contributed by atoms with Crippen LogP contribution in [0.4, 0.5) is 0 Å². The summed E-state index contributed by atoms with van der Waals surface area (Å²) >= 11 is 0. The highest BCUT2D eigenvalue weighted by Crippen LogP contribution is 1.98. The van der Waals surface area contributed by atoms with E-state index in [-0.39, 0.29) is 5.71 Å². The van der Waals surface area contributed by atoms with Crippen molar-refractivity contribution in [3.05, 3.63) is 36.4 Å². The smallest absolute Gasteiger partial charge is 0.159 e. The van der Waals surface area contributed by atoms with Crippen molar-refractivity contribution in [2.24, 2.45) is 0 Å². The Bertz CT molecular complexity index is 322. The van der Waals surface area contributed by atoms with Crippen LogP contribution in [0.15, 0.2) is 24.8 Å². The molecule has 0 radical (unpaired) electrons. The molecule has 0 spiro atoms. The summed E-state index contributed by atoms with van der Waals surface area (Å²) in [4.78, 5) is 13.5. The number of nitrogens with zero attached hydrogens (tertiary/aromatic N) is 2. The summed E-state index contributed by atoms with van der Waals surface area (Å²) in [6, 6.07) is 0. The van der Waals surface area contributed by atoms with Crippen LogP contribution in [-0.4, -0.2) is 25.6 Å². The maximum Gasteiger partial charge on any atom is 0.159 e. The first kappa shape index (κ1) is 6.78. The van der Waals surface area contributed by atoms with E-state index in [9.17, 15) is 0 Å². The molecule has 0 saturated carbocycles. The topological polar surface area (TPSA) is 81.2 Å². The molecule has 2 aromatic rings. The largest absolute Gasteiger partial charge is 0.343 e. The molecule has 12 heavy (non-hydrogen) atoms. The van der Waals surface area contributed by atoms with Crippen molar-refractivity contribution in [2.45, 2.75) is 0 Å². The van der Waals surface area contributed by atoms with Crippen molar-refractivity contribution in [3.8, 4) is 0 Å². The predicted octanol–water partition coefficient (Wildman–Crippen LogP) is 0.549. The first-order valence-electron chi connectivity index (χ1n) is 3.46. The fourth-order valence-electron chi connectivity index (χ4n) is 0.916. The van der Waals surface area contributed by atoms with Crippen LogP contribution in [-0.2, 0) is 0 Å². The van der Waals surface area contributed by atoms with Gasteiger partial charge in [0, 0.05) is 24.8 Å². The zero-order valence-corrected chi connectivity index (χ0v) is 6.20. The molecule has 3 N–H and O–H groups in total. The van der Waals surface area contributed by atoms with Gasteiger partial charge in [-0.2, -0.15) is 0 Å². The molecule has 60 valence electrons. The molecule has 5 heteroatoms. The van der Waals surface area contributed by atoms with Gasteiger partial charge in [0.1, 0.15) is 5.71 Å². The van der Waals surface area contributed by atoms with Crippen molar-refractivity contribution < 1.29 is 0 Å². The van der Waals surface area contributed by atoms with E-state index in [0.717, 1.165) is 0 Å². The van der Waals surface area contributed by atoms with Gasteiger partial charge in [0.15, 0.2) is 11.6 Å². The molecular weight excluding hydrogens is 154 g/mol. The third-order valence-corrected chi connectivity index (χ3v) is 1.47. The number of nitrogens with one attached hydrogen (secondary N) is 3. The standard InChI is InChI=1S/C7H7N5/c8-5(6-9-1-2-10-6)7-11-3-4-12-7/h1-4,8H,(H,9,10)(H,11,12). The van der Waals surface area contributed by atoms with E-state index in [4.69, 9.17) is 5.41 Å². The minimum absolute atomic E-state index is 0.269. The van der Waals surface area contributed by atoms with Crippen LogP contribution in [0.3, 0.4) is 0 Å². The first-order chi connectivity index (χ1) is 5.88. The van der Waals surface area contributed by atoms with Gasteiger partial charge in [-0.05, 0) is 0 Å². The lowest BCUT2D eigenvalue weighted by Gasteiger charge is -1.93. The van der Waals surface area contributed by atoms with Crippen LogP contribution >= 0.6 is 0 Å². The van der Waals surface area contributed by atoms with E-state index in [1.807, 2.05) is 0 Å². The lowest BCUT2D eigenvalue weighted by molar-refractivity contribution is 1.18. The summed E-state index contributed by atoms with van der Waals surface area (Å²) in [7, 11) is 0. The zero-order valence-electron chi connectivity index (χ0n) is 6.20. The van der Waals surface area contributed by atoms with Crippen LogP contribution in [0.1, 0.15) is 11.6 Å². The Kier molecular flexibility index (Phi) is 1.48. The number of hydrogen-bond donors (Lipinski definition) is 3. The number of aromatic amines is 2. The summed E-state index contributed by atoms with van der Waals surface area (Å²) in [5.74, 6) is 1.04. The highest BCUT2D eigenvalue weighted by molar-refractivity contribution is 6.05. The van der Waals surface area contributed by atoms with E-state index in [1.165, 1.54) is 0 Å². The van der Waals surface area contributed by atoms with Gasteiger partial charge in [0.25, 0.3) is 0 Å². The van der Waals surface area contributed by atoms with E-state index in [0.29, 0.717) is 11.6 Å². The van der Waals surface area contributed by atoms with Gasteiger partial charge in [0.05, 0.1) is 0 Å². The third-order valence-electron chi connectivity index (χ3n) is 1.47. The Balaban J connectivity index is 2.34. The van der Waals surface area contributed by atoms with Gasteiger partial charge in [-0.1, -0.05) is 0 Å². The van der Waals surface area contributed by atoms with Gasteiger partial charge in [-0.3, -0.25) is 5.41 Å². The summed E-state index contributed by atoms with van der Waals surface area (Å²) in [5.41, 5.74) is 0.269. The Morgan fingerprint density at radius 1 is 1.08 bits per heavy atom. The van der Waals surface area contributed by atoms with Gasteiger partial charge >= 0.3 is 0 Å². The number of rotatable bonds is 2. The average molecular weight is 161 g/mol. The maximum atomic E-state index is 7.62. The fraction of sp³-hybridized carbons (Fsp3) is 0. The number of aromatic nitrogens is 4. The van der Waals surface area contributed by atoms with Gasteiger partial charge in [-0.15, -0.1) is 0 Å². The summed E-state index contributed by atoms with van der Waals surface area (Å²) < 4.78 is 0. The van der Waals surface area contributed by atoms with E-state index < -0.39 is 0 Å². The van der Waals surface area contributed by atoms with Gasteiger partial charge in [-0.25, -0.2) is 9.97 Å². The quantitative estimate of drug-likeness (QED) is 0.562. The Hall–Kier alpha value is -1.91. The van der Waals surface area contributed by atoms with Crippen LogP contribution in [0.25, 0.3) is 0 Å². The second-order valence-corrected chi connectivity index (χ2v) is 2.25. The molecule has 0 saturated heterocycles. The molecule has 2 aromatic heterocycles. The lowest BCUT2D eigenvalue weighted by Crippen LogP contribution is -2.05. The van der Waals surface area contributed by atoms with Crippen LogP contribution < -0.4 is 0 Å². The minimum Gasteiger partial charge on any atom is -0.343 e. The molecule has 0 aliphatic carbocycles. The first-order valence-corrected chi connectivity index (χ1v) is 3.46. The van der Waals surface area contributed by atoms with E-state index in [1.54, 1.807) is 24.8 Å². The van der Waals surface area contributed by atoms with Crippen molar-refractivity contribution in [1.29, 1.82) is 5.41 Å². The molecule has 0 atom stereocenters. The van der Waals surface area contributed by atoms with E-state index >= 15 is 0 Å². The monoisotopic (exact) mass is 161 g/mol. The van der Waals surface area contributed by atoms with Gasteiger partial charge < -0.3 is 9.97 Å². The Labute approximate surface area is 68.4 Å². The minimum atomic E-state index is 0.269. The molecule has 0 aliphatic heterocycles. The SMILES string of the molecule is N=C(c1ncc[nH]1)c1ncc[nH]1. The number of hydrogen-bond acceptors (Lipinski definition) is 3. The molecule has 5 nitrogen and oxygen atoms in total. The summed E-state index contributed by atoms with van der Waals surface area (Å²) in [6.07, 6.45) is 6.55. The highest BCUT2D eigenvalue weighted by Gasteiger charge is 2.07. The van der Waals surface area contributed by atoms with Crippen molar-refractivity contribution >= 4 is 5.71 Å². The summed E-state index contributed by atoms with van der Waals surface area (Å²) in [6.45, 7) is 0. The summed E-state index contributed by atoms with van der Waals surface area (Å²) in [5, 5.41) is 7.62. The molecule has 0 fully saturated rings. The van der Waals surface area contributed by atoms with Crippen LogP contribution in [0.2, 0.25) is 0 Å². The van der Waals surface area contributed by atoms with Crippen LogP contribution in [0, 0.1) is 5.41 Å². The predicted molar refractivity (Wildman–Crippen MR) is 43.1 cm³/mol. The van der Waals surface area contributed by atoms with Crippen molar-refractivity contribution in [3.63, 3.8) is 0 Å². The average Bonchev–Trinajstić information content (AvgIpc) is 2.77. The second-order valence-electron chi connectivity index (χ2n) is 2.25. The molecule has 0 aromatic carbocycles. The van der Waals surface area contributed by atoms with Crippen molar-refractivity contribution in [2.75, 3.05) is 0 Å². The lowest BCUT2D eigenvalue weighted by atomic mass is 10.3. The van der Waals surface area contributed by atoms with Crippen LogP contribution in [0.5, 0.6) is 0 Å². The fourth-order valence-corrected chi connectivity index (χ4v) is 0.916. The molecule has 0 aliphatic rings. The highest BCUT2D eigenvalue weighted by atomic mass is 15.0. The Morgan fingerprint density at radius 2 is 1.58 bits per heavy atom. The molecular formula is C7H7N5. The second kappa shape index (κ2) is 2.61. The number of imidazole rings is 2. The van der Waals surface area contributed by atoms with Gasteiger partial charge in [0.2, 0.25) is 0 Å². The molecule has 0 amide bonds. The zero-order chi connectivity index (χ0) is 8.39. The van der Waals surface area contributed by atoms with E-state index in [2.05, 4.69) is 19.9 Å². The normalized spacial score (nSPS) is 10.0. The molecule has 0 unspecified atom stereocenters. The maximum absolute atomic E-state index is 7.62. The number of H-pyrrole nitrogens is 2. The molecule has 2 rings (SSSR count).